The normalized spacial score (nSPS) is 13.1. The van der Waals surface area contributed by atoms with E-state index in [1.807, 2.05) is 40.1 Å². The first-order chi connectivity index (χ1) is 12.8. The second-order valence-corrected chi connectivity index (χ2v) is 8.46. The number of aromatic nitrogens is 2. The topological polar surface area (TPSA) is 58.5 Å². The molecule has 0 amide bonds. The van der Waals surface area contributed by atoms with E-state index in [9.17, 15) is 5.11 Å². The lowest BCUT2D eigenvalue weighted by molar-refractivity contribution is -0.0360. The summed E-state index contributed by atoms with van der Waals surface area (Å²) in [5.74, 6) is 0. The molecule has 6 heteroatoms. The van der Waals surface area contributed by atoms with Crippen LogP contribution in [0.1, 0.15) is 32.9 Å². The SMILES string of the molecule is CC(O)CCOC(C)(C)c1ccc2nc(-c3ccc(N(C)C)cc3)sc2n1. The van der Waals surface area contributed by atoms with Crippen molar-refractivity contribution in [2.45, 2.75) is 38.9 Å². The Bertz CT molecular complexity index is 901. The maximum absolute atomic E-state index is 9.41. The monoisotopic (exact) mass is 385 g/mol. The zero-order valence-electron chi connectivity index (χ0n) is 16.6. The minimum absolute atomic E-state index is 0.362. The van der Waals surface area contributed by atoms with Gasteiger partial charge in [0.2, 0.25) is 0 Å². The van der Waals surface area contributed by atoms with Crippen LogP contribution in [0.5, 0.6) is 0 Å². The summed E-state index contributed by atoms with van der Waals surface area (Å²) in [7, 11) is 4.06. The number of ether oxygens (including phenoxy) is 1. The van der Waals surface area contributed by atoms with Gasteiger partial charge in [0, 0.05) is 25.3 Å². The first-order valence-electron chi connectivity index (χ1n) is 9.14. The Morgan fingerprint density at radius 2 is 1.81 bits per heavy atom. The number of rotatable bonds is 7. The van der Waals surface area contributed by atoms with Crippen LogP contribution < -0.4 is 4.90 Å². The van der Waals surface area contributed by atoms with Gasteiger partial charge in [0.1, 0.15) is 21.0 Å². The van der Waals surface area contributed by atoms with E-state index in [1.165, 1.54) is 0 Å². The molecule has 0 fully saturated rings. The molecule has 0 aliphatic rings. The Balaban J connectivity index is 1.84. The molecule has 0 radical (unpaired) electrons. The number of thiazole rings is 1. The third-order valence-electron chi connectivity index (χ3n) is 4.50. The molecule has 1 aromatic carbocycles. The summed E-state index contributed by atoms with van der Waals surface area (Å²) in [6.45, 7) is 6.28. The second kappa shape index (κ2) is 7.92. The average molecular weight is 386 g/mol. The van der Waals surface area contributed by atoms with Crippen LogP contribution in [0.4, 0.5) is 5.69 Å². The molecule has 1 N–H and O–H groups in total. The van der Waals surface area contributed by atoms with E-state index in [1.54, 1.807) is 18.3 Å². The minimum atomic E-state index is -0.513. The van der Waals surface area contributed by atoms with Crippen molar-refractivity contribution in [1.82, 2.24) is 9.97 Å². The van der Waals surface area contributed by atoms with Crippen molar-refractivity contribution in [3.05, 3.63) is 42.1 Å². The van der Waals surface area contributed by atoms with E-state index in [4.69, 9.17) is 14.7 Å². The third kappa shape index (κ3) is 4.64. The molecule has 0 saturated heterocycles. The van der Waals surface area contributed by atoms with Crippen LogP contribution in [0.3, 0.4) is 0 Å². The van der Waals surface area contributed by atoms with Crippen LogP contribution >= 0.6 is 11.3 Å². The zero-order chi connectivity index (χ0) is 19.6. The largest absolute Gasteiger partial charge is 0.393 e. The summed E-state index contributed by atoms with van der Waals surface area (Å²) in [4.78, 5) is 12.5. The highest BCUT2D eigenvalue weighted by Crippen LogP contribution is 2.32. The van der Waals surface area contributed by atoms with Crippen LogP contribution in [0, 0.1) is 0 Å². The maximum Gasteiger partial charge on any atom is 0.144 e. The second-order valence-electron chi connectivity index (χ2n) is 7.48. The Morgan fingerprint density at radius 1 is 1.11 bits per heavy atom. The molecule has 144 valence electrons. The minimum Gasteiger partial charge on any atom is -0.393 e. The highest BCUT2D eigenvalue weighted by atomic mass is 32.1. The van der Waals surface area contributed by atoms with Crippen molar-refractivity contribution in [3.8, 4) is 10.6 Å². The fourth-order valence-electron chi connectivity index (χ4n) is 2.74. The van der Waals surface area contributed by atoms with Gasteiger partial charge in [0.25, 0.3) is 0 Å². The predicted octanol–water partition coefficient (Wildman–Crippen LogP) is 4.45. The Kier molecular flexibility index (Phi) is 5.79. The lowest BCUT2D eigenvalue weighted by Gasteiger charge is -2.25. The molecule has 3 aromatic rings. The number of aliphatic hydroxyl groups excluding tert-OH is 1. The number of hydrogen-bond donors (Lipinski definition) is 1. The van der Waals surface area contributed by atoms with Crippen LogP contribution in [0.15, 0.2) is 36.4 Å². The summed E-state index contributed by atoms with van der Waals surface area (Å²) in [5.41, 5.74) is 3.52. The van der Waals surface area contributed by atoms with E-state index in [2.05, 4.69) is 29.2 Å². The molecule has 3 rings (SSSR count). The van der Waals surface area contributed by atoms with Gasteiger partial charge < -0.3 is 14.7 Å². The molecular formula is C21H27N3O2S. The fourth-order valence-corrected chi connectivity index (χ4v) is 3.68. The van der Waals surface area contributed by atoms with Gasteiger partial charge in [-0.1, -0.05) is 11.3 Å². The molecule has 0 saturated carbocycles. The maximum atomic E-state index is 9.41. The highest BCUT2D eigenvalue weighted by molar-refractivity contribution is 7.21. The number of fused-ring (bicyclic) bond motifs is 1. The number of pyridine rings is 1. The number of hydrogen-bond acceptors (Lipinski definition) is 6. The molecule has 0 aliphatic heterocycles. The number of aliphatic hydroxyl groups is 1. The molecule has 27 heavy (non-hydrogen) atoms. The summed E-state index contributed by atoms with van der Waals surface area (Å²) < 4.78 is 5.96. The smallest absolute Gasteiger partial charge is 0.144 e. The summed E-state index contributed by atoms with van der Waals surface area (Å²) >= 11 is 1.59. The number of anilines is 1. The third-order valence-corrected chi connectivity index (χ3v) is 5.52. The van der Waals surface area contributed by atoms with Gasteiger partial charge in [0.05, 0.1) is 18.4 Å². The summed E-state index contributed by atoms with van der Waals surface area (Å²) in [6, 6.07) is 12.4. The summed E-state index contributed by atoms with van der Waals surface area (Å²) in [5, 5.41) is 10.4. The van der Waals surface area contributed by atoms with Gasteiger partial charge in [-0.15, -0.1) is 0 Å². The Morgan fingerprint density at radius 3 is 2.44 bits per heavy atom. The molecule has 2 heterocycles. The molecule has 0 spiro atoms. The van der Waals surface area contributed by atoms with Gasteiger partial charge in [-0.25, -0.2) is 9.97 Å². The standard InChI is InChI=1S/C21H27N3O2S/c1-14(25)12-13-26-21(2,3)18-11-10-17-20(23-18)27-19(22-17)15-6-8-16(9-7-15)24(4)5/h6-11,14,25H,12-13H2,1-5H3. The lowest BCUT2D eigenvalue weighted by atomic mass is 10.0. The van der Waals surface area contributed by atoms with Crippen molar-refractivity contribution in [1.29, 1.82) is 0 Å². The first-order valence-corrected chi connectivity index (χ1v) is 9.96. The molecule has 1 unspecified atom stereocenters. The Hall–Kier alpha value is -2.02. The lowest BCUT2D eigenvalue weighted by Crippen LogP contribution is -2.24. The van der Waals surface area contributed by atoms with E-state index >= 15 is 0 Å². The molecule has 0 bridgehead atoms. The zero-order valence-corrected chi connectivity index (χ0v) is 17.4. The number of benzene rings is 1. The summed E-state index contributed by atoms with van der Waals surface area (Å²) in [6.07, 6.45) is 0.249. The molecule has 0 aliphatic carbocycles. The quantitative estimate of drug-likeness (QED) is 0.651. The number of nitrogens with zero attached hydrogens (tertiary/aromatic N) is 3. The van der Waals surface area contributed by atoms with Crippen LogP contribution in [0.2, 0.25) is 0 Å². The predicted molar refractivity (Wildman–Crippen MR) is 112 cm³/mol. The van der Waals surface area contributed by atoms with Crippen molar-refractivity contribution in [2.24, 2.45) is 0 Å². The van der Waals surface area contributed by atoms with E-state index in [-0.39, 0.29) is 6.10 Å². The van der Waals surface area contributed by atoms with Gasteiger partial charge in [-0.2, -0.15) is 0 Å². The van der Waals surface area contributed by atoms with Crippen molar-refractivity contribution < 1.29 is 9.84 Å². The van der Waals surface area contributed by atoms with Crippen LogP contribution in [-0.2, 0) is 10.3 Å². The fraction of sp³-hybridized carbons (Fsp3) is 0.429. The van der Waals surface area contributed by atoms with Crippen LogP contribution in [-0.4, -0.2) is 41.9 Å². The molecular weight excluding hydrogens is 358 g/mol. The van der Waals surface area contributed by atoms with Gasteiger partial charge >= 0.3 is 0 Å². The molecule has 2 aromatic heterocycles. The van der Waals surface area contributed by atoms with Gasteiger partial charge in [-0.05, 0) is 63.6 Å². The highest BCUT2D eigenvalue weighted by Gasteiger charge is 2.24. The van der Waals surface area contributed by atoms with Gasteiger partial charge in [0.15, 0.2) is 0 Å². The van der Waals surface area contributed by atoms with Crippen molar-refractivity contribution >= 4 is 27.4 Å². The van der Waals surface area contributed by atoms with Crippen molar-refractivity contribution in [2.75, 3.05) is 25.6 Å². The molecule has 5 nitrogen and oxygen atoms in total. The van der Waals surface area contributed by atoms with Crippen LogP contribution in [0.25, 0.3) is 20.9 Å². The van der Waals surface area contributed by atoms with Crippen molar-refractivity contribution in [3.63, 3.8) is 0 Å². The Labute approximate surface area is 164 Å². The molecule has 1 atom stereocenters. The first kappa shape index (κ1) is 19.7. The average Bonchev–Trinajstić information content (AvgIpc) is 3.04. The van der Waals surface area contributed by atoms with E-state index < -0.39 is 5.60 Å². The van der Waals surface area contributed by atoms with Gasteiger partial charge in [-0.3, -0.25) is 0 Å². The van der Waals surface area contributed by atoms with E-state index in [0.717, 1.165) is 32.3 Å². The van der Waals surface area contributed by atoms with E-state index in [0.29, 0.717) is 13.0 Å².